The molecule has 0 saturated heterocycles. The Balaban J connectivity index is 2.56. The van der Waals surface area contributed by atoms with Crippen molar-refractivity contribution in [3.8, 4) is 17.2 Å². The first-order valence-corrected chi connectivity index (χ1v) is 5.78. The van der Waals surface area contributed by atoms with Crippen molar-refractivity contribution in [3.63, 3.8) is 0 Å². The zero-order valence-corrected chi connectivity index (χ0v) is 10.2. The van der Waals surface area contributed by atoms with Crippen LogP contribution < -0.4 is 5.73 Å². The molecule has 2 rings (SSSR count). The third-order valence-electron chi connectivity index (χ3n) is 2.72. The van der Waals surface area contributed by atoms with Crippen molar-refractivity contribution in [2.24, 2.45) is 5.73 Å². The van der Waals surface area contributed by atoms with E-state index in [0.717, 1.165) is 11.1 Å². The Morgan fingerprint density at radius 2 is 1.84 bits per heavy atom. The smallest absolute Gasteiger partial charge is 0.241 e. The number of nitrogens with zero attached hydrogens (tertiary/aromatic N) is 1. The van der Waals surface area contributed by atoms with Gasteiger partial charge in [-0.15, -0.1) is 0 Å². The second-order valence-electron chi connectivity index (χ2n) is 3.98. The minimum atomic E-state index is -0.533. The molecule has 1 amide bonds. The average molecular weight is 248 g/mol. The highest BCUT2D eigenvalue weighted by atomic mass is 16.1. The van der Waals surface area contributed by atoms with Crippen molar-refractivity contribution in [3.05, 3.63) is 65.7 Å². The van der Waals surface area contributed by atoms with E-state index in [1.54, 1.807) is 12.1 Å². The molecular weight excluding hydrogens is 236 g/mol. The molecule has 0 bridgehead atoms. The fourth-order valence-electron chi connectivity index (χ4n) is 1.86. The molecule has 0 spiro atoms. The summed E-state index contributed by atoms with van der Waals surface area (Å²) in [6.07, 6.45) is 2.82. The van der Waals surface area contributed by atoms with E-state index in [-0.39, 0.29) is 0 Å². The predicted octanol–water partition coefficient (Wildman–Crippen LogP) is 2.72. The normalized spacial score (nSPS) is 10.3. The largest absolute Gasteiger partial charge is 0.366 e. The van der Waals surface area contributed by atoms with Crippen LogP contribution in [0, 0.1) is 11.3 Å². The van der Waals surface area contributed by atoms with Gasteiger partial charge in [0.2, 0.25) is 5.91 Å². The molecule has 0 aromatic heterocycles. The van der Waals surface area contributed by atoms with E-state index >= 15 is 0 Å². The third-order valence-corrected chi connectivity index (χ3v) is 2.72. The van der Waals surface area contributed by atoms with Crippen LogP contribution in [0.1, 0.15) is 11.1 Å². The van der Waals surface area contributed by atoms with E-state index in [9.17, 15) is 10.1 Å². The van der Waals surface area contributed by atoms with E-state index in [1.807, 2.05) is 42.5 Å². The van der Waals surface area contributed by atoms with Crippen LogP contribution in [-0.4, -0.2) is 5.91 Å². The van der Waals surface area contributed by atoms with Gasteiger partial charge in [-0.3, -0.25) is 4.79 Å². The van der Waals surface area contributed by atoms with Crippen LogP contribution in [0.2, 0.25) is 0 Å². The maximum atomic E-state index is 10.8. The molecule has 19 heavy (non-hydrogen) atoms. The zero-order chi connectivity index (χ0) is 13.7. The second-order valence-corrected chi connectivity index (χ2v) is 3.98. The molecule has 2 N–H and O–H groups in total. The van der Waals surface area contributed by atoms with Crippen LogP contribution in [0.5, 0.6) is 0 Å². The Hall–Kier alpha value is -2.86. The van der Waals surface area contributed by atoms with Crippen molar-refractivity contribution < 1.29 is 4.79 Å². The van der Waals surface area contributed by atoms with Crippen LogP contribution in [0.25, 0.3) is 17.2 Å². The third kappa shape index (κ3) is 2.88. The van der Waals surface area contributed by atoms with Crippen molar-refractivity contribution in [2.45, 2.75) is 0 Å². The summed E-state index contributed by atoms with van der Waals surface area (Å²) >= 11 is 0. The van der Waals surface area contributed by atoms with Crippen molar-refractivity contribution in [1.29, 1.82) is 5.26 Å². The first-order valence-electron chi connectivity index (χ1n) is 5.78. The monoisotopic (exact) mass is 248 g/mol. The number of primary amides is 1. The maximum Gasteiger partial charge on any atom is 0.241 e. The number of benzene rings is 2. The van der Waals surface area contributed by atoms with E-state index in [2.05, 4.69) is 6.07 Å². The van der Waals surface area contributed by atoms with E-state index in [1.165, 1.54) is 6.08 Å². The van der Waals surface area contributed by atoms with E-state index < -0.39 is 5.91 Å². The standard InChI is InChI=1S/C16H12N2O/c17-11-15-13(9-10-16(18)19)7-4-8-14(15)12-5-2-1-3-6-12/h1-10H,(H2,18,19). The number of nitrogens with two attached hydrogens (primary N) is 1. The van der Waals surface area contributed by atoms with E-state index in [0.29, 0.717) is 11.1 Å². The van der Waals surface area contributed by atoms with Gasteiger partial charge < -0.3 is 5.73 Å². The van der Waals surface area contributed by atoms with Gasteiger partial charge in [-0.2, -0.15) is 5.26 Å². The molecule has 0 heterocycles. The number of nitriles is 1. The van der Waals surface area contributed by atoms with Crippen LogP contribution in [0.15, 0.2) is 54.6 Å². The summed E-state index contributed by atoms with van der Waals surface area (Å²) < 4.78 is 0. The first kappa shape index (κ1) is 12.6. The predicted molar refractivity (Wildman–Crippen MR) is 74.8 cm³/mol. The molecule has 0 atom stereocenters. The summed E-state index contributed by atoms with van der Waals surface area (Å²) in [5.74, 6) is -0.533. The highest BCUT2D eigenvalue weighted by Crippen LogP contribution is 2.26. The average Bonchev–Trinajstić information content (AvgIpc) is 2.45. The molecule has 0 aliphatic carbocycles. The summed E-state index contributed by atoms with van der Waals surface area (Å²) in [6, 6.07) is 17.3. The fourth-order valence-corrected chi connectivity index (χ4v) is 1.86. The van der Waals surface area contributed by atoms with Crippen LogP contribution in [0.3, 0.4) is 0 Å². The quantitative estimate of drug-likeness (QED) is 0.848. The van der Waals surface area contributed by atoms with Gasteiger partial charge in [0, 0.05) is 11.6 Å². The van der Waals surface area contributed by atoms with Crippen LogP contribution in [-0.2, 0) is 4.79 Å². The number of hydrogen-bond acceptors (Lipinski definition) is 2. The number of amides is 1. The molecule has 2 aromatic carbocycles. The SMILES string of the molecule is N#Cc1c(C=CC(N)=O)cccc1-c1ccccc1. The van der Waals surface area contributed by atoms with Crippen molar-refractivity contribution in [1.82, 2.24) is 0 Å². The highest BCUT2D eigenvalue weighted by Gasteiger charge is 2.07. The molecule has 2 aromatic rings. The Bertz CT molecular complexity index is 667. The molecule has 92 valence electrons. The zero-order valence-electron chi connectivity index (χ0n) is 10.2. The van der Waals surface area contributed by atoms with E-state index in [4.69, 9.17) is 5.73 Å². The van der Waals surface area contributed by atoms with Crippen LogP contribution in [0.4, 0.5) is 0 Å². The second kappa shape index (κ2) is 5.65. The molecule has 0 aliphatic heterocycles. The van der Waals surface area contributed by atoms with Crippen LogP contribution >= 0.6 is 0 Å². The lowest BCUT2D eigenvalue weighted by Crippen LogP contribution is -2.05. The van der Waals surface area contributed by atoms with Gasteiger partial charge in [0.25, 0.3) is 0 Å². The molecule has 0 radical (unpaired) electrons. The number of carbonyl (C=O) groups excluding carboxylic acids is 1. The Morgan fingerprint density at radius 3 is 2.47 bits per heavy atom. The molecule has 0 fully saturated rings. The molecule has 3 heteroatoms. The molecule has 0 unspecified atom stereocenters. The summed E-state index contributed by atoms with van der Waals surface area (Å²) in [5, 5.41) is 9.33. The Morgan fingerprint density at radius 1 is 1.11 bits per heavy atom. The van der Waals surface area contributed by atoms with Crippen molar-refractivity contribution >= 4 is 12.0 Å². The minimum absolute atomic E-state index is 0.533. The Kier molecular flexibility index (Phi) is 3.75. The lowest BCUT2D eigenvalue weighted by molar-refractivity contribution is -0.113. The Labute approximate surface area is 111 Å². The summed E-state index contributed by atoms with van der Waals surface area (Å²) in [6.45, 7) is 0. The molecular formula is C16H12N2O. The van der Waals surface area contributed by atoms with Gasteiger partial charge in [-0.1, -0.05) is 48.5 Å². The van der Waals surface area contributed by atoms with Gasteiger partial charge in [-0.25, -0.2) is 0 Å². The lowest BCUT2D eigenvalue weighted by Gasteiger charge is -2.06. The van der Waals surface area contributed by atoms with Gasteiger partial charge >= 0.3 is 0 Å². The first-order chi connectivity index (χ1) is 9.22. The van der Waals surface area contributed by atoms with Gasteiger partial charge in [0.05, 0.1) is 5.56 Å². The summed E-state index contributed by atoms with van der Waals surface area (Å²) in [5.41, 5.74) is 8.10. The topological polar surface area (TPSA) is 66.9 Å². The molecule has 0 aliphatic rings. The molecule has 0 saturated carbocycles. The molecule has 3 nitrogen and oxygen atoms in total. The lowest BCUT2D eigenvalue weighted by atomic mass is 9.96. The summed E-state index contributed by atoms with van der Waals surface area (Å²) in [4.78, 5) is 10.8. The highest BCUT2D eigenvalue weighted by molar-refractivity contribution is 5.91. The van der Waals surface area contributed by atoms with Gasteiger partial charge in [0.15, 0.2) is 0 Å². The number of rotatable bonds is 3. The van der Waals surface area contributed by atoms with Crippen molar-refractivity contribution in [2.75, 3.05) is 0 Å². The minimum Gasteiger partial charge on any atom is -0.366 e. The maximum absolute atomic E-state index is 10.8. The van der Waals surface area contributed by atoms with Gasteiger partial charge in [-0.05, 0) is 17.2 Å². The summed E-state index contributed by atoms with van der Waals surface area (Å²) in [7, 11) is 0. The van der Waals surface area contributed by atoms with Gasteiger partial charge in [0.1, 0.15) is 6.07 Å². The number of carbonyl (C=O) groups is 1. The number of hydrogen-bond donors (Lipinski definition) is 1. The fraction of sp³-hybridized carbons (Fsp3) is 0.